The van der Waals surface area contributed by atoms with Crippen LogP contribution in [0.1, 0.15) is 271 Å². The Labute approximate surface area is 435 Å². The lowest BCUT2D eigenvalue weighted by Crippen LogP contribution is -2.48. The van der Waals surface area contributed by atoms with E-state index in [2.05, 4.69) is 41.2 Å². The van der Waals surface area contributed by atoms with Crippen LogP contribution in [0.2, 0.25) is 0 Å². The van der Waals surface area contributed by atoms with Crippen molar-refractivity contribution in [1.29, 1.82) is 0 Å². The van der Waals surface area contributed by atoms with Crippen molar-refractivity contribution in [2.75, 3.05) is 19.8 Å². The lowest BCUT2D eigenvalue weighted by atomic mass is 10.0. The van der Waals surface area contributed by atoms with E-state index in [1.54, 1.807) is 0 Å². The van der Waals surface area contributed by atoms with Crippen LogP contribution in [-0.4, -0.2) is 94.9 Å². The van der Waals surface area contributed by atoms with E-state index >= 15 is 0 Å². The van der Waals surface area contributed by atoms with Crippen molar-refractivity contribution in [1.82, 2.24) is 16.0 Å². The van der Waals surface area contributed by atoms with Gasteiger partial charge >= 0.3 is 19.8 Å². The van der Waals surface area contributed by atoms with Gasteiger partial charge in [0.15, 0.2) is 0 Å². The molecule has 0 aromatic heterocycles. The first-order valence-corrected chi connectivity index (χ1v) is 30.3. The van der Waals surface area contributed by atoms with E-state index in [1.165, 1.54) is 96.3 Å². The first-order chi connectivity index (χ1) is 34.7. The molecule has 72 heavy (non-hydrogen) atoms. The van der Waals surface area contributed by atoms with Gasteiger partial charge in [-0.05, 0) is 51.4 Å². The smallest absolute Gasteiger partial charge is 0.463 e. The Balaban J connectivity index is 5.56. The van der Waals surface area contributed by atoms with Gasteiger partial charge in [0.1, 0.15) is 25.0 Å². The largest absolute Gasteiger partial charge is 0.469 e. The fraction of sp³-hybridized carbons (Fsp3) is 0.891. The molecular formula is C55H104N3O13P. The van der Waals surface area contributed by atoms with E-state index in [4.69, 9.17) is 9.47 Å². The summed E-state index contributed by atoms with van der Waals surface area (Å²) in [5, 5.41) is 18.9. The number of hydrogen-bond acceptors (Lipinski definition) is 11. The monoisotopic (exact) mass is 1050 g/mol. The quantitative estimate of drug-likeness (QED) is 0.0144. The number of carbonyl (C=O) groups is 6. The summed E-state index contributed by atoms with van der Waals surface area (Å²) in [5.74, 6) is -2.41. The van der Waals surface area contributed by atoms with Crippen LogP contribution in [-0.2, 0) is 47.3 Å². The predicted molar refractivity (Wildman–Crippen MR) is 285 cm³/mol. The highest BCUT2D eigenvalue weighted by Crippen LogP contribution is 2.35. The molecule has 0 unspecified atom stereocenters. The van der Waals surface area contributed by atoms with Gasteiger partial charge < -0.3 is 45.1 Å². The molecular weight excluding hydrogens is 942 g/mol. The number of carbonyl (C=O) groups excluding carboxylic acids is 6. The second-order valence-corrected chi connectivity index (χ2v) is 21.3. The van der Waals surface area contributed by atoms with E-state index < -0.39 is 62.4 Å². The molecule has 3 amide bonds. The Morgan fingerprint density at radius 2 is 1.01 bits per heavy atom. The van der Waals surface area contributed by atoms with E-state index in [0.29, 0.717) is 44.9 Å². The highest BCUT2D eigenvalue weighted by molar-refractivity contribution is 7.46. The summed E-state index contributed by atoms with van der Waals surface area (Å²) < 4.78 is 27.5. The SMILES string of the molecule is CCCCCCCCCCCC(=O)O[C@H](CCCCCCCCCCC)CC(=O)N[C@@H](CCOP(=O)(O)O)C(=O)NCCC[C@H](COC(=O)CCCCC=O)NC(=O)C[C@H](O)CCCCCCCCCCC. The second-order valence-electron chi connectivity index (χ2n) is 20.0. The van der Waals surface area contributed by atoms with Crippen molar-refractivity contribution >= 4 is 43.8 Å². The highest BCUT2D eigenvalue weighted by Gasteiger charge is 2.26. The van der Waals surface area contributed by atoms with Gasteiger partial charge in [0.25, 0.3) is 0 Å². The molecule has 4 atom stereocenters. The summed E-state index contributed by atoms with van der Waals surface area (Å²) in [7, 11) is -4.87. The summed E-state index contributed by atoms with van der Waals surface area (Å²) in [4.78, 5) is 95.0. The second kappa shape index (κ2) is 49.0. The molecule has 16 nitrogen and oxygen atoms in total. The molecule has 0 aliphatic rings. The summed E-state index contributed by atoms with van der Waals surface area (Å²) in [6.07, 6.45) is 32.2. The zero-order valence-electron chi connectivity index (χ0n) is 45.5. The Hall–Kier alpha value is -2.91. The summed E-state index contributed by atoms with van der Waals surface area (Å²) in [6.45, 7) is 6.01. The molecule has 0 aliphatic carbocycles. The van der Waals surface area contributed by atoms with Crippen LogP contribution < -0.4 is 16.0 Å². The van der Waals surface area contributed by atoms with Crippen molar-refractivity contribution in [3.8, 4) is 0 Å². The number of rotatable bonds is 53. The molecule has 0 spiro atoms. The van der Waals surface area contributed by atoms with Gasteiger partial charge in [0.2, 0.25) is 17.7 Å². The van der Waals surface area contributed by atoms with Crippen molar-refractivity contribution in [3.05, 3.63) is 0 Å². The summed E-state index contributed by atoms with van der Waals surface area (Å²) in [5.41, 5.74) is 0. The van der Waals surface area contributed by atoms with Crippen molar-refractivity contribution in [2.24, 2.45) is 0 Å². The van der Waals surface area contributed by atoms with E-state index in [9.17, 15) is 48.2 Å². The molecule has 0 aromatic rings. The molecule has 6 N–H and O–H groups in total. The third-order valence-corrected chi connectivity index (χ3v) is 13.5. The number of aliphatic hydroxyl groups excluding tert-OH is 1. The minimum Gasteiger partial charge on any atom is -0.463 e. The zero-order valence-corrected chi connectivity index (χ0v) is 46.4. The molecule has 0 fully saturated rings. The van der Waals surface area contributed by atoms with Gasteiger partial charge in [-0.25, -0.2) is 4.57 Å². The van der Waals surface area contributed by atoms with Crippen LogP contribution in [0.3, 0.4) is 0 Å². The van der Waals surface area contributed by atoms with Crippen LogP contribution in [0, 0.1) is 0 Å². The summed E-state index contributed by atoms with van der Waals surface area (Å²) >= 11 is 0. The number of ether oxygens (including phenoxy) is 2. The topological polar surface area (TPSA) is 244 Å². The number of phosphoric ester groups is 1. The number of nitrogens with one attached hydrogen (secondary N) is 3. The fourth-order valence-electron chi connectivity index (χ4n) is 8.66. The Kier molecular flexibility index (Phi) is 47.0. The average Bonchev–Trinajstić information content (AvgIpc) is 3.33. The number of esters is 2. The van der Waals surface area contributed by atoms with Crippen molar-refractivity contribution in [2.45, 2.75) is 295 Å². The average molecular weight is 1050 g/mol. The third kappa shape index (κ3) is 46.8. The Morgan fingerprint density at radius 1 is 0.542 bits per heavy atom. The number of hydrogen-bond donors (Lipinski definition) is 6. The fourth-order valence-corrected chi connectivity index (χ4v) is 9.01. The third-order valence-electron chi connectivity index (χ3n) is 13.0. The Morgan fingerprint density at radius 3 is 1.54 bits per heavy atom. The van der Waals surface area contributed by atoms with E-state index in [0.717, 1.165) is 76.9 Å². The lowest BCUT2D eigenvalue weighted by Gasteiger charge is -2.22. The number of aliphatic hydroxyl groups is 1. The molecule has 0 heterocycles. The minimum atomic E-state index is -4.87. The number of unbranched alkanes of at least 4 members (excludes halogenated alkanes) is 26. The number of amides is 3. The first kappa shape index (κ1) is 69.1. The van der Waals surface area contributed by atoms with Gasteiger partial charge in [-0.1, -0.05) is 181 Å². The van der Waals surface area contributed by atoms with Gasteiger partial charge in [0, 0.05) is 32.2 Å². The molecule has 17 heteroatoms. The number of phosphoric acid groups is 1. The van der Waals surface area contributed by atoms with E-state index in [-0.39, 0.29) is 57.6 Å². The predicted octanol–water partition coefficient (Wildman–Crippen LogP) is 11.5. The van der Waals surface area contributed by atoms with Crippen LogP contribution in [0.15, 0.2) is 0 Å². The molecule has 0 saturated heterocycles. The maximum absolute atomic E-state index is 13.6. The van der Waals surface area contributed by atoms with Crippen molar-refractivity contribution in [3.63, 3.8) is 0 Å². The molecule has 422 valence electrons. The van der Waals surface area contributed by atoms with Crippen LogP contribution in [0.4, 0.5) is 0 Å². The molecule has 0 saturated carbocycles. The van der Waals surface area contributed by atoms with Crippen LogP contribution >= 0.6 is 7.82 Å². The lowest BCUT2D eigenvalue weighted by molar-refractivity contribution is -0.151. The van der Waals surface area contributed by atoms with Gasteiger partial charge in [-0.2, -0.15) is 0 Å². The van der Waals surface area contributed by atoms with Gasteiger partial charge in [-0.15, -0.1) is 0 Å². The number of aldehydes is 1. The normalized spacial score (nSPS) is 13.2. The highest BCUT2D eigenvalue weighted by atomic mass is 31.2. The first-order valence-electron chi connectivity index (χ1n) is 28.8. The van der Waals surface area contributed by atoms with Gasteiger partial charge in [0.05, 0.1) is 31.6 Å². The molecule has 0 bridgehead atoms. The maximum Gasteiger partial charge on any atom is 0.469 e. The molecule has 0 rings (SSSR count). The molecule has 0 aromatic carbocycles. The minimum absolute atomic E-state index is 0.0789. The molecule has 0 aliphatic heterocycles. The zero-order chi connectivity index (χ0) is 53.3. The van der Waals surface area contributed by atoms with Crippen molar-refractivity contribution < 1.29 is 62.2 Å². The van der Waals surface area contributed by atoms with Gasteiger partial charge in [-0.3, -0.25) is 28.5 Å². The maximum atomic E-state index is 13.6. The van der Waals surface area contributed by atoms with E-state index in [1.807, 2.05) is 0 Å². The Bertz CT molecular complexity index is 1420. The molecule has 0 radical (unpaired) electrons. The standard InChI is InChI=1S/C55H104N3O13P/c1-4-7-10-13-16-19-22-25-29-36-48(60)44-51(61)57-47(46-69-53(63)38-32-28-33-42-59)35-34-41-56-55(65)50(40-43-70-72(66,67)68)58-52(62)45-49(37-30-26-23-20-17-14-11-8-5-2)71-54(64)39-31-27-24-21-18-15-12-9-6-3/h42,47-50,60H,4-41,43-46H2,1-3H3,(H,56,65)(H,57,61)(H,58,62)(H2,66,67,68)/t47-,48-,49-,50+/m1/s1. The van der Waals surface area contributed by atoms with Crippen LogP contribution in [0.5, 0.6) is 0 Å². The summed E-state index contributed by atoms with van der Waals surface area (Å²) in [6, 6.07) is -1.87. The van der Waals surface area contributed by atoms with Crippen LogP contribution in [0.25, 0.3) is 0 Å².